The number of nitrogens with zero attached hydrogens (tertiary/aromatic N) is 4. The summed E-state index contributed by atoms with van der Waals surface area (Å²) in [6.45, 7) is 7.76. The Morgan fingerprint density at radius 2 is 2.05 bits per heavy atom. The smallest absolute Gasteiger partial charge is 0.225 e. The van der Waals surface area contributed by atoms with Crippen molar-refractivity contribution in [1.29, 1.82) is 0 Å². The van der Waals surface area contributed by atoms with E-state index >= 15 is 0 Å². The lowest BCUT2D eigenvalue weighted by Gasteiger charge is -2.30. The first-order valence-corrected chi connectivity index (χ1v) is 8.29. The van der Waals surface area contributed by atoms with Crippen LogP contribution in [0.25, 0.3) is 0 Å². The van der Waals surface area contributed by atoms with Crippen LogP contribution in [0.2, 0.25) is 0 Å². The summed E-state index contributed by atoms with van der Waals surface area (Å²) in [5.41, 5.74) is 0.941. The van der Waals surface area contributed by atoms with Gasteiger partial charge in [-0.3, -0.25) is 4.79 Å². The number of carbonyl (C=O) groups is 1. The number of likely N-dealkylation sites (tertiary alicyclic amines) is 1. The van der Waals surface area contributed by atoms with E-state index < -0.39 is 0 Å². The molecule has 0 radical (unpaired) electrons. The van der Waals surface area contributed by atoms with Crippen molar-refractivity contribution in [1.82, 2.24) is 15.1 Å². The highest BCUT2D eigenvalue weighted by Crippen LogP contribution is 2.41. The summed E-state index contributed by atoms with van der Waals surface area (Å²) in [5, 5.41) is 8.48. The van der Waals surface area contributed by atoms with Gasteiger partial charge in [0.15, 0.2) is 5.82 Å². The summed E-state index contributed by atoms with van der Waals surface area (Å²) in [5.74, 6) is 2.54. The highest BCUT2D eigenvalue weighted by Gasteiger charge is 2.45. The summed E-state index contributed by atoms with van der Waals surface area (Å²) in [6.07, 6.45) is 2.39. The second-order valence-electron chi connectivity index (χ2n) is 7.11. The van der Waals surface area contributed by atoms with Crippen molar-refractivity contribution >= 4 is 11.7 Å². The van der Waals surface area contributed by atoms with Crippen LogP contribution < -0.4 is 4.90 Å². The minimum absolute atomic E-state index is 0.0953. The van der Waals surface area contributed by atoms with Gasteiger partial charge in [0.25, 0.3) is 0 Å². The number of amides is 1. The number of aromatic nitrogens is 2. The fraction of sp³-hybridized carbons (Fsp3) is 0.706. The monoisotopic (exact) mass is 302 g/mol. The number of hydrogen-bond donors (Lipinski definition) is 0. The maximum atomic E-state index is 12.3. The molecular weight excluding hydrogens is 276 g/mol. The molecule has 0 bridgehead atoms. The molecule has 120 valence electrons. The molecule has 5 heteroatoms. The Morgan fingerprint density at radius 3 is 2.68 bits per heavy atom. The van der Waals surface area contributed by atoms with E-state index in [2.05, 4.69) is 27.0 Å². The van der Waals surface area contributed by atoms with Gasteiger partial charge < -0.3 is 9.80 Å². The summed E-state index contributed by atoms with van der Waals surface area (Å²) < 4.78 is 0. The third kappa shape index (κ3) is 2.69. The van der Waals surface area contributed by atoms with Crippen LogP contribution in [-0.2, 0) is 4.79 Å². The van der Waals surface area contributed by atoms with Gasteiger partial charge in [0, 0.05) is 38.0 Å². The Morgan fingerprint density at radius 1 is 1.27 bits per heavy atom. The van der Waals surface area contributed by atoms with E-state index in [-0.39, 0.29) is 5.92 Å². The molecule has 3 rings (SSSR count). The Labute approximate surface area is 132 Å². The molecule has 1 aromatic heterocycles. The number of aryl methyl sites for hydroxylation is 1. The van der Waals surface area contributed by atoms with Gasteiger partial charge in [-0.25, -0.2) is 0 Å². The molecule has 5 nitrogen and oxygen atoms in total. The topological polar surface area (TPSA) is 49.3 Å². The van der Waals surface area contributed by atoms with Crippen molar-refractivity contribution in [3.8, 4) is 0 Å². The van der Waals surface area contributed by atoms with Gasteiger partial charge in [-0.05, 0) is 37.8 Å². The largest absolute Gasteiger partial charge is 0.355 e. The van der Waals surface area contributed by atoms with Gasteiger partial charge in [-0.2, -0.15) is 5.10 Å². The molecule has 0 N–H and O–H groups in total. The van der Waals surface area contributed by atoms with Crippen molar-refractivity contribution in [3.05, 3.63) is 17.8 Å². The fourth-order valence-electron chi connectivity index (χ4n) is 4.01. The van der Waals surface area contributed by atoms with Crippen molar-refractivity contribution in [3.63, 3.8) is 0 Å². The van der Waals surface area contributed by atoms with Crippen LogP contribution in [0.1, 0.15) is 32.4 Å². The van der Waals surface area contributed by atoms with Crippen LogP contribution in [-0.4, -0.2) is 47.2 Å². The molecule has 0 spiro atoms. The van der Waals surface area contributed by atoms with Crippen molar-refractivity contribution in [2.24, 2.45) is 17.8 Å². The second-order valence-corrected chi connectivity index (χ2v) is 7.11. The molecule has 2 fully saturated rings. The SMILES string of the molecule is Cc1ccc(N(C)[C@@H]2CC[C@@H]3CN(C(=O)C(C)C)C[C@@H]32)nn1. The zero-order valence-electron chi connectivity index (χ0n) is 14.0. The molecule has 2 aliphatic rings. The lowest BCUT2D eigenvalue weighted by atomic mass is 9.97. The van der Waals surface area contributed by atoms with Crippen LogP contribution in [0.5, 0.6) is 0 Å². The number of fused-ring (bicyclic) bond motifs is 1. The Hall–Kier alpha value is -1.65. The molecule has 1 aromatic rings. The number of rotatable bonds is 3. The summed E-state index contributed by atoms with van der Waals surface area (Å²) in [4.78, 5) is 16.6. The first-order valence-electron chi connectivity index (χ1n) is 8.29. The van der Waals surface area contributed by atoms with Crippen LogP contribution in [0, 0.1) is 24.7 Å². The van der Waals surface area contributed by atoms with E-state index in [1.165, 1.54) is 12.8 Å². The average Bonchev–Trinajstić information content (AvgIpc) is 3.06. The van der Waals surface area contributed by atoms with Crippen LogP contribution >= 0.6 is 0 Å². The normalized spacial score (nSPS) is 27.3. The standard InChI is InChI=1S/C17H26N4O/c1-11(2)17(22)21-9-13-6-7-15(14(13)10-21)20(4)16-8-5-12(3)18-19-16/h5,8,11,13-15H,6-7,9-10H2,1-4H3/t13-,14+,15-/m1/s1. The van der Waals surface area contributed by atoms with E-state index in [0.29, 0.717) is 23.8 Å². The Bertz CT molecular complexity index is 542. The average molecular weight is 302 g/mol. The minimum atomic E-state index is 0.0953. The molecule has 1 aliphatic heterocycles. The number of carbonyl (C=O) groups excluding carboxylic acids is 1. The quantitative estimate of drug-likeness (QED) is 0.858. The third-order valence-electron chi connectivity index (χ3n) is 5.27. The van der Waals surface area contributed by atoms with Gasteiger partial charge in [-0.15, -0.1) is 5.10 Å². The molecule has 1 amide bonds. The van der Waals surface area contributed by atoms with Gasteiger partial charge in [-0.1, -0.05) is 13.8 Å². The molecule has 3 atom stereocenters. The molecule has 0 aromatic carbocycles. The van der Waals surface area contributed by atoms with E-state index in [1.54, 1.807) is 0 Å². The Balaban J connectivity index is 1.71. The first-order chi connectivity index (χ1) is 10.5. The fourth-order valence-corrected chi connectivity index (χ4v) is 4.01. The highest BCUT2D eigenvalue weighted by molar-refractivity contribution is 5.78. The zero-order chi connectivity index (χ0) is 15.9. The number of anilines is 1. The summed E-state index contributed by atoms with van der Waals surface area (Å²) >= 11 is 0. The van der Waals surface area contributed by atoms with E-state index in [1.807, 2.05) is 32.9 Å². The lowest BCUT2D eigenvalue weighted by Crippen LogP contribution is -2.39. The molecule has 1 saturated carbocycles. The van der Waals surface area contributed by atoms with E-state index in [4.69, 9.17) is 0 Å². The van der Waals surface area contributed by atoms with Gasteiger partial charge in [0.05, 0.1) is 5.69 Å². The van der Waals surface area contributed by atoms with Crippen LogP contribution in [0.3, 0.4) is 0 Å². The molecular formula is C17H26N4O. The lowest BCUT2D eigenvalue weighted by molar-refractivity contribution is -0.133. The van der Waals surface area contributed by atoms with Crippen molar-refractivity contribution < 1.29 is 4.79 Å². The maximum Gasteiger partial charge on any atom is 0.225 e. The Kier molecular flexibility index (Phi) is 4.06. The molecule has 1 aliphatic carbocycles. The van der Waals surface area contributed by atoms with Gasteiger partial charge in [0.1, 0.15) is 0 Å². The first kappa shape index (κ1) is 15.3. The van der Waals surface area contributed by atoms with Crippen LogP contribution in [0.4, 0.5) is 5.82 Å². The maximum absolute atomic E-state index is 12.3. The van der Waals surface area contributed by atoms with Crippen molar-refractivity contribution in [2.45, 2.75) is 39.7 Å². The van der Waals surface area contributed by atoms with E-state index in [9.17, 15) is 4.79 Å². The van der Waals surface area contributed by atoms with Gasteiger partial charge in [0.2, 0.25) is 5.91 Å². The van der Waals surface area contributed by atoms with Crippen LogP contribution in [0.15, 0.2) is 12.1 Å². The molecule has 1 saturated heterocycles. The summed E-state index contributed by atoms with van der Waals surface area (Å²) in [6, 6.07) is 4.52. The second kappa shape index (κ2) is 5.86. The van der Waals surface area contributed by atoms with E-state index in [0.717, 1.165) is 24.6 Å². The predicted molar refractivity (Wildman–Crippen MR) is 86.6 cm³/mol. The molecule has 0 unspecified atom stereocenters. The molecule has 2 heterocycles. The zero-order valence-corrected chi connectivity index (χ0v) is 14.0. The minimum Gasteiger partial charge on any atom is -0.355 e. The highest BCUT2D eigenvalue weighted by atomic mass is 16.2. The number of hydrogen-bond acceptors (Lipinski definition) is 4. The van der Waals surface area contributed by atoms with Gasteiger partial charge >= 0.3 is 0 Å². The third-order valence-corrected chi connectivity index (χ3v) is 5.27. The molecule has 22 heavy (non-hydrogen) atoms. The predicted octanol–water partition coefficient (Wildman–Crippen LogP) is 2.11. The van der Waals surface area contributed by atoms with Crippen molar-refractivity contribution in [2.75, 3.05) is 25.0 Å². The summed E-state index contributed by atoms with van der Waals surface area (Å²) in [7, 11) is 2.11.